The van der Waals surface area contributed by atoms with Gasteiger partial charge < -0.3 is 0 Å². The molecule has 0 heterocycles. The van der Waals surface area contributed by atoms with Crippen molar-refractivity contribution in [3.8, 4) is 0 Å². The van der Waals surface area contributed by atoms with Gasteiger partial charge in [-0.05, 0) is 36.3 Å². The highest BCUT2D eigenvalue weighted by atomic mass is 14.2. The topological polar surface area (TPSA) is 0 Å². The minimum atomic E-state index is 0.794. The summed E-state index contributed by atoms with van der Waals surface area (Å²) in [4.78, 5) is 0. The van der Waals surface area contributed by atoms with Crippen LogP contribution in [-0.2, 0) is 6.42 Å². The molecule has 0 bridgehead atoms. The van der Waals surface area contributed by atoms with Crippen molar-refractivity contribution >= 4 is 0 Å². The van der Waals surface area contributed by atoms with Gasteiger partial charge in [0.05, 0.1) is 0 Å². The Balaban J connectivity index is 2.83. The lowest BCUT2D eigenvalue weighted by molar-refractivity contribution is 0.537. The highest BCUT2D eigenvalue weighted by molar-refractivity contribution is 5.30. The van der Waals surface area contributed by atoms with Gasteiger partial charge in [-0.1, -0.05) is 70.7 Å². The summed E-state index contributed by atoms with van der Waals surface area (Å²) in [6, 6.07) is 9.09. The van der Waals surface area contributed by atoms with Gasteiger partial charge in [-0.3, -0.25) is 0 Å². The van der Waals surface area contributed by atoms with E-state index in [0.29, 0.717) is 0 Å². The molecule has 0 spiro atoms. The van der Waals surface area contributed by atoms with Crippen LogP contribution in [0, 0.1) is 0 Å². The molecule has 0 radical (unpaired) electrons. The number of hydrogen-bond acceptors (Lipinski definition) is 0. The van der Waals surface area contributed by atoms with E-state index in [2.05, 4.69) is 45.0 Å². The van der Waals surface area contributed by atoms with Crippen LogP contribution in [-0.4, -0.2) is 0 Å². The van der Waals surface area contributed by atoms with Crippen LogP contribution < -0.4 is 0 Å². The summed E-state index contributed by atoms with van der Waals surface area (Å²) in [5.74, 6) is 0.794. The van der Waals surface area contributed by atoms with E-state index in [-0.39, 0.29) is 0 Å². The molecule has 17 heavy (non-hydrogen) atoms. The number of benzene rings is 1. The second-order valence-electron chi connectivity index (χ2n) is 5.08. The molecule has 0 amide bonds. The van der Waals surface area contributed by atoms with Crippen LogP contribution in [0.4, 0.5) is 0 Å². The first-order chi connectivity index (χ1) is 8.33. The predicted octanol–water partition coefficient (Wildman–Crippen LogP) is 5.71. The van der Waals surface area contributed by atoms with Crippen LogP contribution in [0.5, 0.6) is 0 Å². The maximum absolute atomic E-state index is 2.36. The molecule has 0 heteroatoms. The van der Waals surface area contributed by atoms with Crippen molar-refractivity contribution in [1.82, 2.24) is 0 Å². The van der Waals surface area contributed by atoms with E-state index < -0.39 is 0 Å². The summed E-state index contributed by atoms with van der Waals surface area (Å²) in [5, 5.41) is 0. The normalized spacial score (nSPS) is 12.6. The van der Waals surface area contributed by atoms with Crippen LogP contribution in [0.2, 0.25) is 0 Å². The lowest BCUT2D eigenvalue weighted by Gasteiger charge is -2.20. The van der Waals surface area contributed by atoms with Crippen LogP contribution >= 0.6 is 0 Å². The van der Waals surface area contributed by atoms with Gasteiger partial charge in [0, 0.05) is 0 Å². The first-order valence-corrected chi connectivity index (χ1v) is 7.41. The molecule has 0 aromatic heterocycles. The zero-order valence-electron chi connectivity index (χ0n) is 11.8. The van der Waals surface area contributed by atoms with Gasteiger partial charge in [0.2, 0.25) is 0 Å². The van der Waals surface area contributed by atoms with Gasteiger partial charge in [0.15, 0.2) is 0 Å². The zero-order chi connectivity index (χ0) is 12.5. The second-order valence-corrected chi connectivity index (χ2v) is 5.08. The molecule has 0 fully saturated rings. The summed E-state index contributed by atoms with van der Waals surface area (Å²) < 4.78 is 0. The SMILES string of the molecule is CCCCC(CCC)c1ccccc1CCC. The average molecular weight is 232 g/mol. The molecule has 0 aliphatic heterocycles. The van der Waals surface area contributed by atoms with E-state index in [9.17, 15) is 0 Å². The standard InChI is InChI=1S/C17H28/c1-4-7-12-15(10-5-2)17-14-9-8-13-16(17)11-6-3/h8-9,13-15H,4-7,10-12H2,1-3H3. The van der Waals surface area contributed by atoms with E-state index in [4.69, 9.17) is 0 Å². The fourth-order valence-corrected chi connectivity index (χ4v) is 2.68. The lowest BCUT2D eigenvalue weighted by atomic mass is 9.85. The molecule has 0 saturated carbocycles. The van der Waals surface area contributed by atoms with Crippen molar-refractivity contribution in [3.05, 3.63) is 35.4 Å². The Morgan fingerprint density at radius 2 is 1.65 bits per heavy atom. The molecule has 1 aromatic rings. The molecule has 0 N–H and O–H groups in total. The monoisotopic (exact) mass is 232 g/mol. The molecule has 0 aliphatic carbocycles. The zero-order valence-corrected chi connectivity index (χ0v) is 11.8. The Bertz CT molecular complexity index is 301. The molecule has 1 aromatic carbocycles. The van der Waals surface area contributed by atoms with Crippen LogP contribution in [0.15, 0.2) is 24.3 Å². The van der Waals surface area contributed by atoms with Crippen molar-refractivity contribution in [2.75, 3.05) is 0 Å². The summed E-state index contributed by atoms with van der Waals surface area (Å²) >= 11 is 0. The fourth-order valence-electron chi connectivity index (χ4n) is 2.68. The van der Waals surface area contributed by atoms with Crippen LogP contribution in [0.1, 0.15) is 76.3 Å². The Morgan fingerprint density at radius 3 is 2.29 bits per heavy atom. The second kappa shape index (κ2) is 8.33. The molecular formula is C17H28. The molecule has 96 valence electrons. The first-order valence-electron chi connectivity index (χ1n) is 7.41. The molecule has 1 rings (SSSR count). The van der Waals surface area contributed by atoms with E-state index in [0.717, 1.165) is 5.92 Å². The van der Waals surface area contributed by atoms with Crippen molar-refractivity contribution in [2.24, 2.45) is 0 Å². The van der Waals surface area contributed by atoms with Gasteiger partial charge in [-0.15, -0.1) is 0 Å². The predicted molar refractivity (Wildman–Crippen MR) is 77.6 cm³/mol. The number of hydrogen-bond donors (Lipinski definition) is 0. The Kier molecular flexibility index (Phi) is 7.00. The summed E-state index contributed by atoms with van der Waals surface area (Å²) in [6.45, 7) is 6.87. The van der Waals surface area contributed by atoms with E-state index in [1.165, 1.54) is 44.9 Å². The van der Waals surface area contributed by atoms with Crippen molar-refractivity contribution in [3.63, 3.8) is 0 Å². The van der Waals surface area contributed by atoms with Gasteiger partial charge in [0.25, 0.3) is 0 Å². The van der Waals surface area contributed by atoms with Gasteiger partial charge in [-0.25, -0.2) is 0 Å². The first kappa shape index (κ1) is 14.3. The molecule has 1 unspecified atom stereocenters. The van der Waals surface area contributed by atoms with Gasteiger partial charge >= 0.3 is 0 Å². The highest BCUT2D eigenvalue weighted by Gasteiger charge is 2.13. The van der Waals surface area contributed by atoms with Crippen molar-refractivity contribution in [1.29, 1.82) is 0 Å². The Labute approximate surface area is 107 Å². The fraction of sp³-hybridized carbons (Fsp3) is 0.647. The molecule has 0 aliphatic rings. The number of aryl methyl sites for hydroxylation is 1. The van der Waals surface area contributed by atoms with Crippen LogP contribution in [0.3, 0.4) is 0 Å². The maximum atomic E-state index is 2.36. The molecular weight excluding hydrogens is 204 g/mol. The summed E-state index contributed by atoms with van der Waals surface area (Å²) in [6.07, 6.45) is 9.19. The van der Waals surface area contributed by atoms with Gasteiger partial charge in [-0.2, -0.15) is 0 Å². The smallest absolute Gasteiger partial charge is 0.0159 e. The van der Waals surface area contributed by atoms with E-state index in [1.54, 1.807) is 11.1 Å². The summed E-state index contributed by atoms with van der Waals surface area (Å²) in [7, 11) is 0. The summed E-state index contributed by atoms with van der Waals surface area (Å²) in [5.41, 5.74) is 3.22. The minimum absolute atomic E-state index is 0.794. The van der Waals surface area contributed by atoms with Crippen molar-refractivity contribution < 1.29 is 0 Å². The van der Waals surface area contributed by atoms with Crippen LogP contribution in [0.25, 0.3) is 0 Å². The van der Waals surface area contributed by atoms with E-state index >= 15 is 0 Å². The average Bonchev–Trinajstić information content (AvgIpc) is 2.36. The molecule has 0 nitrogen and oxygen atoms in total. The molecule has 0 saturated heterocycles. The lowest BCUT2D eigenvalue weighted by Crippen LogP contribution is -2.03. The van der Waals surface area contributed by atoms with Gasteiger partial charge in [0.1, 0.15) is 0 Å². The highest BCUT2D eigenvalue weighted by Crippen LogP contribution is 2.30. The molecule has 1 atom stereocenters. The number of unbranched alkanes of at least 4 members (excludes halogenated alkanes) is 1. The van der Waals surface area contributed by atoms with E-state index in [1.807, 2.05) is 0 Å². The Morgan fingerprint density at radius 1 is 0.882 bits per heavy atom. The maximum Gasteiger partial charge on any atom is -0.0159 e. The number of rotatable bonds is 8. The van der Waals surface area contributed by atoms with Crippen molar-refractivity contribution in [2.45, 2.75) is 71.6 Å². The minimum Gasteiger partial charge on any atom is -0.0654 e. The quantitative estimate of drug-likeness (QED) is 0.538. The third-order valence-corrected chi connectivity index (χ3v) is 3.56. The third kappa shape index (κ3) is 4.53. The Hall–Kier alpha value is -0.780. The third-order valence-electron chi connectivity index (χ3n) is 3.56. The largest absolute Gasteiger partial charge is 0.0654 e.